The second-order valence-electron chi connectivity index (χ2n) is 7.23. The third-order valence-corrected chi connectivity index (χ3v) is 3.58. The fraction of sp³-hybridized carbons (Fsp3) is 0.286. The normalized spacial score (nSPS) is 11.4. The van der Waals surface area contributed by atoms with E-state index in [9.17, 15) is 23.2 Å². The van der Waals surface area contributed by atoms with Crippen LogP contribution in [0.15, 0.2) is 60.7 Å². The second-order valence-corrected chi connectivity index (χ2v) is 7.23. The first-order chi connectivity index (χ1) is 14.0. The van der Waals surface area contributed by atoms with Crippen molar-refractivity contribution in [2.24, 2.45) is 0 Å². The van der Waals surface area contributed by atoms with Gasteiger partial charge in [0.2, 0.25) is 0 Å². The van der Waals surface area contributed by atoms with Crippen LogP contribution < -0.4 is 5.43 Å². The monoisotopic (exact) mass is 420 g/mol. The van der Waals surface area contributed by atoms with Gasteiger partial charge >= 0.3 is 18.2 Å². The molecule has 2 aromatic rings. The molecule has 0 aliphatic rings. The number of alkyl halides is 2. The van der Waals surface area contributed by atoms with Crippen LogP contribution in [0, 0.1) is 0 Å². The van der Waals surface area contributed by atoms with Crippen molar-refractivity contribution in [2.75, 3.05) is 0 Å². The van der Waals surface area contributed by atoms with E-state index in [1.54, 1.807) is 41.8 Å². The average molecular weight is 420 g/mol. The number of rotatable bonds is 5. The van der Waals surface area contributed by atoms with Crippen LogP contribution in [0.3, 0.4) is 0 Å². The van der Waals surface area contributed by atoms with Crippen LogP contribution in [0.25, 0.3) is 0 Å². The number of nitrogens with one attached hydrogen (secondary N) is 1. The Kier molecular flexibility index (Phi) is 7.10. The highest BCUT2D eigenvalue weighted by Crippen LogP contribution is 2.25. The number of halogens is 2. The summed E-state index contributed by atoms with van der Waals surface area (Å²) in [7, 11) is 0. The number of hydrogen-bond acceptors (Lipinski definition) is 5. The van der Waals surface area contributed by atoms with Crippen molar-refractivity contribution < 1.29 is 32.6 Å². The SMILES string of the molecule is CC(C)(C)OC(=O)NN(C(=O)OCc1ccccc1)C(F)(F)C(=O)c1ccccc1. The van der Waals surface area contributed by atoms with Crippen molar-refractivity contribution in [3.63, 3.8) is 0 Å². The van der Waals surface area contributed by atoms with E-state index >= 15 is 0 Å². The van der Waals surface area contributed by atoms with Crippen molar-refractivity contribution in [1.82, 2.24) is 10.4 Å². The van der Waals surface area contributed by atoms with E-state index in [4.69, 9.17) is 9.47 Å². The first-order valence-electron chi connectivity index (χ1n) is 8.99. The van der Waals surface area contributed by atoms with E-state index in [0.717, 1.165) is 12.1 Å². The minimum Gasteiger partial charge on any atom is -0.443 e. The molecule has 30 heavy (non-hydrogen) atoms. The molecule has 1 N–H and O–H groups in total. The zero-order chi connectivity index (χ0) is 22.4. The molecular formula is C21H22F2N2O5. The molecule has 0 aromatic heterocycles. The van der Waals surface area contributed by atoms with Crippen molar-refractivity contribution in [3.8, 4) is 0 Å². The third-order valence-electron chi connectivity index (χ3n) is 3.58. The number of Topliss-reactive ketones (excluding diaryl/α,β-unsaturated/α-hetero) is 1. The van der Waals surface area contributed by atoms with Crippen LogP contribution in [-0.2, 0) is 16.1 Å². The highest BCUT2D eigenvalue weighted by atomic mass is 19.3. The largest absolute Gasteiger partial charge is 0.443 e. The van der Waals surface area contributed by atoms with Gasteiger partial charge in [0.25, 0.3) is 5.78 Å². The van der Waals surface area contributed by atoms with Gasteiger partial charge in [-0.25, -0.2) is 15.0 Å². The molecule has 2 rings (SSSR count). The molecule has 0 radical (unpaired) electrons. The van der Waals surface area contributed by atoms with Crippen LogP contribution in [0.1, 0.15) is 36.7 Å². The first kappa shape index (κ1) is 22.8. The van der Waals surface area contributed by atoms with E-state index < -0.39 is 34.6 Å². The molecule has 160 valence electrons. The zero-order valence-electron chi connectivity index (χ0n) is 16.7. The topological polar surface area (TPSA) is 84.9 Å². The van der Waals surface area contributed by atoms with Gasteiger partial charge < -0.3 is 9.47 Å². The molecule has 0 bridgehead atoms. The number of hydrogen-bond donors (Lipinski definition) is 1. The van der Waals surface area contributed by atoms with Gasteiger partial charge in [0.1, 0.15) is 12.2 Å². The number of hydrazine groups is 1. The summed E-state index contributed by atoms with van der Waals surface area (Å²) in [5, 5.41) is -0.459. The Morgan fingerprint density at radius 2 is 1.47 bits per heavy atom. The predicted octanol–water partition coefficient (Wildman–Crippen LogP) is 4.54. The van der Waals surface area contributed by atoms with E-state index in [2.05, 4.69) is 0 Å². The second kappa shape index (κ2) is 9.34. The lowest BCUT2D eigenvalue weighted by atomic mass is 10.1. The molecule has 0 spiro atoms. The molecule has 0 unspecified atom stereocenters. The first-order valence-corrected chi connectivity index (χ1v) is 8.99. The summed E-state index contributed by atoms with van der Waals surface area (Å²) in [5.74, 6) is -1.70. The number of carbonyl (C=O) groups excluding carboxylic acids is 3. The Bertz CT molecular complexity index is 883. The molecule has 0 aliphatic heterocycles. The van der Waals surface area contributed by atoms with Gasteiger partial charge in [0.05, 0.1) is 0 Å². The van der Waals surface area contributed by atoms with E-state index in [0.29, 0.717) is 5.56 Å². The fourth-order valence-corrected chi connectivity index (χ4v) is 2.27. The maximum absolute atomic E-state index is 14.9. The minimum absolute atomic E-state index is 0.345. The summed E-state index contributed by atoms with van der Waals surface area (Å²) in [6.07, 6.45) is -2.97. The number of amides is 2. The molecule has 7 nitrogen and oxygen atoms in total. The van der Waals surface area contributed by atoms with Gasteiger partial charge in [0.15, 0.2) is 0 Å². The van der Waals surface area contributed by atoms with Crippen LogP contribution >= 0.6 is 0 Å². The Hall–Kier alpha value is -3.49. The zero-order valence-corrected chi connectivity index (χ0v) is 16.7. The Labute approximate surface area is 172 Å². The maximum Gasteiger partial charge on any atom is 0.434 e. The average Bonchev–Trinajstić information content (AvgIpc) is 2.69. The van der Waals surface area contributed by atoms with Crippen molar-refractivity contribution in [3.05, 3.63) is 71.8 Å². The van der Waals surface area contributed by atoms with E-state index in [-0.39, 0.29) is 12.2 Å². The Morgan fingerprint density at radius 1 is 0.933 bits per heavy atom. The summed E-state index contributed by atoms with van der Waals surface area (Å²) >= 11 is 0. The van der Waals surface area contributed by atoms with Gasteiger partial charge in [-0.15, -0.1) is 5.01 Å². The Morgan fingerprint density at radius 3 is 2.00 bits per heavy atom. The standard InChI is InChI=1S/C21H22F2N2O5/c1-20(2,3)30-18(27)24-25(19(28)29-14-15-10-6-4-7-11-15)21(22,23)17(26)16-12-8-5-9-13-16/h4-13H,14H2,1-3H3,(H,24,27). The molecular weight excluding hydrogens is 398 g/mol. The van der Waals surface area contributed by atoms with Crippen LogP contribution in [-0.4, -0.2) is 34.6 Å². The van der Waals surface area contributed by atoms with Crippen LogP contribution in [0.4, 0.5) is 18.4 Å². The highest BCUT2D eigenvalue weighted by molar-refractivity contribution is 6.02. The molecule has 9 heteroatoms. The van der Waals surface area contributed by atoms with Gasteiger partial charge in [-0.05, 0) is 26.3 Å². The van der Waals surface area contributed by atoms with Crippen LogP contribution in [0.2, 0.25) is 0 Å². The summed E-state index contributed by atoms with van der Waals surface area (Å²) in [6.45, 7) is 4.19. The molecule has 0 aliphatic carbocycles. The van der Waals surface area contributed by atoms with Crippen molar-refractivity contribution in [1.29, 1.82) is 0 Å². The van der Waals surface area contributed by atoms with E-state index in [1.807, 2.05) is 0 Å². The van der Waals surface area contributed by atoms with E-state index in [1.165, 1.54) is 32.9 Å². The summed E-state index contributed by atoms with van der Waals surface area (Å²) in [5.41, 5.74) is 0.778. The lowest BCUT2D eigenvalue weighted by Crippen LogP contribution is -2.60. The van der Waals surface area contributed by atoms with Crippen molar-refractivity contribution >= 4 is 18.0 Å². The highest BCUT2D eigenvalue weighted by Gasteiger charge is 2.51. The van der Waals surface area contributed by atoms with Gasteiger partial charge in [-0.2, -0.15) is 8.78 Å². The summed E-state index contributed by atoms with van der Waals surface area (Å²) in [6, 6.07) is 10.5. The Balaban J connectivity index is 2.25. The molecule has 0 saturated carbocycles. The number of benzene rings is 2. The number of ketones is 1. The molecule has 0 fully saturated rings. The number of ether oxygens (including phenoxy) is 2. The number of nitrogens with zero attached hydrogens (tertiary/aromatic N) is 1. The third kappa shape index (κ3) is 6.26. The van der Waals surface area contributed by atoms with Crippen molar-refractivity contribution in [2.45, 2.75) is 39.0 Å². The molecule has 2 amide bonds. The lowest BCUT2D eigenvalue weighted by molar-refractivity contribution is -0.119. The minimum atomic E-state index is -4.44. The van der Waals surface area contributed by atoms with Crippen LogP contribution in [0.5, 0.6) is 0 Å². The smallest absolute Gasteiger partial charge is 0.434 e. The predicted molar refractivity (Wildman–Crippen MR) is 104 cm³/mol. The summed E-state index contributed by atoms with van der Waals surface area (Å²) < 4.78 is 39.7. The number of carbonyl (C=O) groups is 3. The summed E-state index contributed by atoms with van der Waals surface area (Å²) in [4.78, 5) is 36.8. The fourth-order valence-electron chi connectivity index (χ4n) is 2.27. The van der Waals surface area contributed by atoms with Gasteiger partial charge in [-0.1, -0.05) is 60.7 Å². The molecule has 2 aromatic carbocycles. The van der Waals surface area contributed by atoms with Gasteiger partial charge in [-0.3, -0.25) is 4.79 Å². The lowest BCUT2D eigenvalue weighted by Gasteiger charge is -2.30. The molecule has 0 saturated heterocycles. The molecule has 0 atom stereocenters. The van der Waals surface area contributed by atoms with Gasteiger partial charge in [0, 0.05) is 5.56 Å². The molecule has 0 heterocycles. The quantitative estimate of drug-likeness (QED) is 0.436. The maximum atomic E-state index is 14.9.